The fourth-order valence-corrected chi connectivity index (χ4v) is 4.73. The average Bonchev–Trinajstić information content (AvgIpc) is 3.10. The molecular weight excluding hydrogens is 336 g/mol. The van der Waals surface area contributed by atoms with Gasteiger partial charge in [-0.25, -0.2) is 4.99 Å². The van der Waals surface area contributed by atoms with Gasteiger partial charge in [-0.1, -0.05) is 29.5 Å². The molecule has 2 aromatic heterocycles. The number of aryl methyl sites for hydroxylation is 1. The first-order chi connectivity index (χ1) is 12.0. The highest BCUT2D eigenvalue weighted by molar-refractivity contribution is 7.07. The van der Waals surface area contributed by atoms with E-state index < -0.39 is 5.72 Å². The summed E-state index contributed by atoms with van der Waals surface area (Å²) in [6.07, 6.45) is 6.18. The quantitative estimate of drug-likeness (QED) is 0.661. The van der Waals surface area contributed by atoms with Crippen molar-refractivity contribution in [3.63, 3.8) is 0 Å². The molecule has 0 spiro atoms. The standard InChI is InChI=1S/C18H16N4O2S/c1-18-8-13(12-5-3-4-6-14(12)24-18)22-16(23)15(25-17(22)20-18)7-11-9-19-21(2)10-11/h3-7,9-10,13H,8H2,1-2H3/b15-7-/t13-,18+/m1/s1. The molecule has 3 aromatic rings. The highest BCUT2D eigenvalue weighted by Gasteiger charge is 2.42. The molecule has 6 nitrogen and oxygen atoms in total. The molecule has 2 atom stereocenters. The Balaban J connectivity index is 1.77. The zero-order chi connectivity index (χ0) is 17.2. The number of thiazole rings is 1. The number of rotatable bonds is 1. The predicted octanol–water partition coefficient (Wildman–Crippen LogP) is 1.19. The lowest BCUT2D eigenvalue weighted by Gasteiger charge is -2.39. The van der Waals surface area contributed by atoms with Crippen molar-refractivity contribution >= 4 is 17.4 Å². The van der Waals surface area contributed by atoms with Gasteiger partial charge in [-0.2, -0.15) is 5.10 Å². The number of para-hydroxylation sites is 1. The van der Waals surface area contributed by atoms with Gasteiger partial charge in [-0.05, 0) is 19.1 Å². The van der Waals surface area contributed by atoms with E-state index in [1.165, 1.54) is 11.3 Å². The van der Waals surface area contributed by atoms with Crippen LogP contribution in [0, 0.1) is 0 Å². The molecule has 126 valence electrons. The van der Waals surface area contributed by atoms with Crippen molar-refractivity contribution in [2.45, 2.75) is 25.1 Å². The van der Waals surface area contributed by atoms with E-state index in [-0.39, 0.29) is 11.6 Å². The largest absolute Gasteiger partial charge is 0.466 e. The van der Waals surface area contributed by atoms with Gasteiger partial charge in [0, 0.05) is 30.8 Å². The molecule has 0 saturated carbocycles. The van der Waals surface area contributed by atoms with E-state index in [0.717, 1.165) is 16.9 Å². The number of aromatic nitrogens is 3. The van der Waals surface area contributed by atoms with E-state index in [2.05, 4.69) is 5.10 Å². The maximum Gasteiger partial charge on any atom is 0.270 e. The average molecular weight is 352 g/mol. The number of nitrogens with zero attached hydrogens (tertiary/aromatic N) is 4. The Morgan fingerprint density at radius 3 is 3.04 bits per heavy atom. The first-order valence-electron chi connectivity index (χ1n) is 8.12. The second-order valence-electron chi connectivity index (χ2n) is 6.66. The lowest BCUT2D eigenvalue weighted by Crippen LogP contribution is -2.49. The maximum atomic E-state index is 13.1. The van der Waals surface area contributed by atoms with Gasteiger partial charge in [0.2, 0.25) is 5.72 Å². The van der Waals surface area contributed by atoms with E-state index in [1.807, 2.05) is 55.1 Å². The minimum atomic E-state index is -0.623. The van der Waals surface area contributed by atoms with Gasteiger partial charge < -0.3 is 4.74 Å². The summed E-state index contributed by atoms with van der Waals surface area (Å²) in [6, 6.07) is 7.87. The van der Waals surface area contributed by atoms with Crippen molar-refractivity contribution in [1.29, 1.82) is 0 Å². The van der Waals surface area contributed by atoms with Gasteiger partial charge in [0.25, 0.3) is 5.56 Å². The fourth-order valence-electron chi connectivity index (χ4n) is 3.60. The molecule has 25 heavy (non-hydrogen) atoms. The lowest BCUT2D eigenvalue weighted by molar-refractivity contribution is 0.0410. The Kier molecular flexibility index (Phi) is 2.88. The van der Waals surface area contributed by atoms with Gasteiger partial charge in [-0.15, -0.1) is 0 Å². The highest BCUT2D eigenvalue weighted by atomic mass is 32.1. The van der Waals surface area contributed by atoms with Crippen LogP contribution in [0.1, 0.15) is 30.5 Å². The van der Waals surface area contributed by atoms with Gasteiger partial charge >= 0.3 is 0 Å². The van der Waals surface area contributed by atoms with Crippen molar-refractivity contribution in [2.24, 2.45) is 12.0 Å². The number of hydrogen-bond acceptors (Lipinski definition) is 5. The summed E-state index contributed by atoms with van der Waals surface area (Å²) in [6.45, 7) is 1.98. The molecule has 1 aromatic carbocycles. The summed E-state index contributed by atoms with van der Waals surface area (Å²) < 4.78 is 10.3. The van der Waals surface area contributed by atoms with E-state index in [4.69, 9.17) is 9.73 Å². The van der Waals surface area contributed by atoms with Crippen molar-refractivity contribution in [1.82, 2.24) is 14.3 Å². The van der Waals surface area contributed by atoms with Crippen LogP contribution in [0.4, 0.5) is 0 Å². The monoisotopic (exact) mass is 352 g/mol. The zero-order valence-corrected chi connectivity index (χ0v) is 14.7. The summed E-state index contributed by atoms with van der Waals surface area (Å²) in [5.74, 6) is 0.812. The molecule has 0 N–H and O–H groups in total. The Hall–Kier alpha value is -2.67. The zero-order valence-electron chi connectivity index (χ0n) is 13.8. The van der Waals surface area contributed by atoms with Crippen LogP contribution in [0.25, 0.3) is 6.08 Å². The van der Waals surface area contributed by atoms with E-state index in [1.54, 1.807) is 10.9 Å². The van der Waals surface area contributed by atoms with Crippen LogP contribution in [0.15, 0.2) is 46.4 Å². The SMILES string of the molecule is Cn1cc(/C=c2\sc3n(c2=O)[C@@H]2C[C@@](C)(N=3)Oc3ccccc32)cn1. The number of benzene rings is 1. The second kappa shape index (κ2) is 4.92. The predicted molar refractivity (Wildman–Crippen MR) is 94.4 cm³/mol. The van der Waals surface area contributed by atoms with Crippen LogP contribution >= 0.6 is 11.3 Å². The second-order valence-corrected chi connectivity index (χ2v) is 7.67. The third-order valence-electron chi connectivity index (χ3n) is 4.68. The minimum Gasteiger partial charge on any atom is -0.466 e. The van der Waals surface area contributed by atoms with Crippen molar-refractivity contribution in [2.75, 3.05) is 0 Å². The number of ether oxygens (including phenoxy) is 1. The summed E-state index contributed by atoms with van der Waals surface area (Å²) in [4.78, 5) is 18.5. The Morgan fingerprint density at radius 2 is 2.24 bits per heavy atom. The topological polar surface area (TPSA) is 61.4 Å². The van der Waals surface area contributed by atoms with E-state index in [0.29, 0.717) is 15.8 Å². The van der Waals surface area contributed by atoms with Crippen LogP contribution in [-0.4, -0.2) is 20.1 Å². The molecule has 2 bridgehead atoms. The minimum absolute atomic E-state index is 0.00337. The molecule has 4 heterocycles. The molecule has 0 saturated heterocycles. The van der Waals surface area contributed by atoms with Crippen LogP contribution in [0.2, 0.25) is 0 Å². The molecule has 2 aliphatic heterocycles. The number of fused-ring (bicyclic) bond motifs is 6. The third-order valence-corrected chi connectivity index (χ3v) is 5.67. The van der Waals surface area contributed by atoms with Gasteiger partial charge in [-0.3, -0.25) is 14.0 Å². The van der Waals surface area contributed by atoms with Crippen molar-refractivity contribution in [3.05, 3.63) is 67.5 Å². The van der Waals surface area contributed by atoms with Gasteiger partial charge in [0.1, 0.15) is 5.75 Å². The molecule has 2 aliphatic rings. The highest BCUT2D eigenvalue weighted by Crippen LogP contribution is 2.42. The fraction of sp³-hybridized carbons (Fsp3) is 0.278. The van der Waals surface area contributed by atoms with Crippen LogP contribution in [0.5, 0.6) is 5.75 Å². The van der Waals surface area contributed by atoms with Gasteiger partial charge in [0.15, 0.2) is 4.80 Å². The van der Waals surface area contributed by atoms with Gasteiger partial charge in [0.05, 0.1) is 16.8 Å². The lowest BCUT2D eigenvalue weighted by atomic mass is 9.93. The summed E-state index contributed by atoms with van der Waals surface area (Å²) in [7, 11) is 1.86. The summed E-state index contributed by atoms with van der Waals surface area (Å²) >= 11 is 1.41. The molecule has 0 unspecified atom stereocenters. The summed E-state index contributed by atoms with van der Waals surface area (Å²) in [5.41, 5.74) is 1.33. The Bertz CT molecular complexity index is 1170. The normalized spacial score (nSPS) is 24.2. The first kappa shape index (κ1) is 14.7. The molecule has 0 aliphatic carbocycles. The molecule has 0 fully saturated rings. The smallest absolute Gasteiger partial charge is 0.270 e. The summed E-state index contributed by atoms with van der Waals surface area (Å²) in [5, 5.41) is 4.16. The van der Waals surface area contributed by atoms with Crippen LogP contribution in [-0.2, 0) is 7.05 Å². The van der Waals surface area contributed by atoms with E-state index >= 15 is 0 Å². The molecular formula is C18H16N4O2S. The number of hydrogen-bond donors (Lipinski definition) is 0. The molecule has 5 rings (SSSR count). The third kappa shape index (κ3) is 2.19. The molecule has 0 amide bonds. The molecule has 7 heteroatoms. The molecule has 0 radical (unpaired) electrons. The van der Waals surface area contributed by atoms with Crippen LogP contribution in [0.3, 0.4) is 0 Å². The Morgan fingerprint density at radius 1 is 1.40 bits per heavy atom. The van der Waals surface area contributed by atoms with Crippen LogP contribution < -0.4 is 19.6 Å². The Labute approximate surface area is 147 Å². The van der Waals surface area contributed by atoms with E-state index in [9.17, 15) is 4.79 Å². The van der Waals surface area contributed by atoms with Crippen molar-refractivity contribution < 1.29 is 4.74 Å². The maximum absolute atomic E-state index is 13.1. The first-order valence-corrected chi connectivity index (χ1v) is 8.94. The van der Waals surface area contributed by atoms with Crippen molar-refractivity contribution in [3.8, 4) is 5.75 Å².